The van der Waals surface area contributed by atoms with Gasteiger partial charge in [-0.3, -0.25) is 4.79 Å². The van der Waals surface area contributed by atoms with Crippen LogP contribution in [-0.4, -0.2) is 27.2 Å². The molecule has 2 rings (SSSR count). The Kier molecular flexibility index (Phi) is 5.03. The Hall–Kier alpha value is -2.08. The zero-order valence-electron chi connectivity index (χ0n) is 12.7. The Morgan fingerprint density at radius 3 is 2.50 bits per heavy atom. The van der Waals surface area contributed by atoms with Crippen LogP contribution < -0.4 is 10.1 Å². The lowest BCUT2D eigenvalue weighted by Crippen LogP contribution is -2.48. The van der Waals surface area contributed by atoms with Crippen molar-refractivity contribution in [2.24, 2.45) is 5.41 Å². The number of hydrogen-bond donors (Lipinski definition) is 1. The zero-order chi connectivity index (χ0) is 16.2. The third-order valence-corrected chi connectivity index (χ3v) is 3.49. The predicted molar refractivity (Wildman–Crippen MR) is 83.6 cm³/mol. The maximum absolute atomic E-state index is 11.0. The van der Waals surface area contributed by atoms with Crippen LogP contribution in [0.4, 0.5) is 0 Å². The smallest absolute Gasteiger partial charge is 0.213 e. The molecule has 0 bridgehead atoms. The molecule has 0 radical (unpaired) electrons. The van der Waals surface area contributed by atoms with E-state index in [9.17, 15) is 4.79 Å². The lowest BCUT2D eigenvalue weighted by atomic mass is 9.85. The van der Waals surface area contributed by atoms with E-state index < -0.39 is 6.23 Å². The normalized spacial score (nSPS) is 14.2. The maximum Gasteiger partial charge on any atom is 0.213 e. The van der Waals surface area contributed by atoms with Crippen molar-refractivity contribution in [1.29, 1.82) is 0 Å². The quantitative estimate of drug-likeness (QED) is 0.830. The molecule has 0 aliphatic carbocycles. The van der Waals surface area contributed by atoms with Crippen molar-refractivity contribution in [2.45, 2.75) is 33.0 Å². The molecule has 2 unspecified atom stereocenters. The van der Waals surface area contributed by atoms with E-state index in [2.05, 4.69) is 15.4 Å². The van der Waals surface area contributed by atoms with Gasteiger partial charge in [0.1, 0.15) is 18.4 Å². The zero-order valence-corrected chi connectivity index (χ0v) is 13.5. The molecule has 118 valence electrons. The number of rotatable bonds is 6. The first-order valence-corrected chi connectivity index (χ1v) is 7.25. The fourth-order valence-corrected chi connectivity index (χ4v) is 2.24. The Morgan fingerprint density at radius 1 is 1.32 bits per heavy atom. The van der Waals surface area contributed by atoms with Crippen LogP contribution in [0.1, 0.15) is 27.0 Å². The fourth-order valence-electron chi connectivity index (χ4n) is 2.11. The number of nitrogens with one attached hydrogen (secondary N) is 1. The summed E-state index contributed by atoms with van der Waals surface area (Å²) in [5.41, 5.74) is -0.246. The summed E-state index contributed by atoms with van der Waals surface area (Å²) < 4.78 is 7.62. The van der Waals surface area contributed by atoms with Gasteiger partial charge in [-0.1, -0.05) is 32.4 Å². The summed E-state index contributed by atoms with van der Waals surface area (Å²) in [6.07, 6.45) is 3.13. The Morgan fingerprint density at radius 2 is 2.00 bits per heavy atom. The molecule has 0 spiro atoms. The monoisotopic (exact) mass is 322 g/mol. The summed E-state index contributed by atoms with van der Waals surface area (Å²) >= 11 is 5.89. The molecular weight excluding hydrogens is 304 g/mol. The molecule has 6 nitrogen and oxygen atoms in total. The average Bonchev–Trinajstić information content (AvgIpc) is 2.97. The van der Waals surface area contributed by atoms with Gasteiger partial charge in [0.2, 0.25) is 12.6 Å². The molecule has 1 N–H and O–H groups in total. The maximum atomic E-state index is 11.0. The number of benzene rings is 1. The van der Waals surface area contributed by atoms with Crippen LogP contribution in [0.2, 0.25) is 5.02 Å². The van der Waals surface area contributed by atoms with E-state index in [0.29, 0.717) is 17.2 Å². The van der Waals surface area contributed by atoms with E-state index >= 15 is 0 Å². The van der Waals surface area contributed by atoms with E-state index in [1.807, 2.05) is 20.8 Å². The van der Waals surface area contributed by atoms with E-state index in [4.69, 9.17) is 16.3 Å². The highest BCUT2D eigenvalue weighted by molar-refractivity contribution is 6.30. The Balaban J connectivity index is 2.33. The first kappa shape index (κ1) is 16.3. The molecule has 0 aliphatic heterocycles. The Labute approximate surface area is 134 Å². The number of nitrogens with zero attached hydrogens (tertiary/aromatic N) is 3. The number of carbonyl (C=O) groups is 1. The molecule has 2 aromatic rings. The van der Waals surface area contributed by atoms with Crippen LogP contribution in [0, 0.1) is 5.41 Å². The van der Waals surface area contributed by atoms with Crippen molar-refractivity contribution < 1.29 is 9.53 Å². The standard InChI is InChI=1S/C15H19ClN4O2/c1-15(2,3)13(18-10-21)14(20-9-17-8-19-20)22-12-6-4-11(16)5-7-12/h4-10,13-14H,1-3H3,(H,18,21). The lowest BCUT2D eigenvalue weighted by molar-refractivity contribution is -0.112. The van der Waals surface area contributed by atoms with E-state index in [0.717, 1.165) is 0 Å². The topological polar surface area (TPSA) is 69.0 Å². The molecule has 0 fully saturated rings. The van der Waals surface area contributed by atoms with Gasteiger partial charge in [0.15, 0.2) is 0 Å². The number of halogens is 1. The second-order valence-corrected chi connectivity index (χ2v) is 6.40. The van der Waals surface area contributed by atoms with Crippen molar-refractivity contribution in [1.82, 2.24) is 20.1 Å². The van der Waals surface area contributed by atoms with Crippen LogP contribution in [0.5, 0.6) is 5.75 Å². The highest BCUT2D eigenvalue weighted by Crippen LogP contribution is 2.30. The van der Waals surface area contributed by atoms with E-state index in [-0.39, 0.29) is 11.5 Å². The van der Waals surface area contributed by atoms with E-state index in [1.165, 1.54) is 6.33 Å². The molecular formula is C15H19ClN4O2. The highest BCUT2D eigenvalue weighted by atomic mass is 35.5. The molecule has 1 aromatic heterocycles. The largest absolute Gasteiger partial charge is 0.466 e. The molecule has 1 heterocycles. The van der Waals surface area contributed by atoms with Gasteiger partial charge in [0.25, 0.3) is 0 Å². The fraction of sp³-hybridized carbons (Fsp3) is 0.400. The van der Waals surface area contributed by atoms with Crippen LogP contribution in [0.15, 0.2) is 36.9 Å². The van der Waals surface area contributed by atoms with Crippen LogP contribution >= 0.6 is 11.6 Å². The van der Waals surface area contributed by atoms with E-state index in [1.54, 1.807) is 35.3 Å². The van der Waals surface area contributed by atoms with Crippen molar-refractivity contribution in [3.8, 4) is 5.75 Å². The number of carbonyl (C=O) groups excluding carboxylic acids is 1. The number of hydrogen-bond acceptors (Lipinski definition) is 4. The molecule has 22 heavy (non-hydrogen) atoms. The molecule has 0 saturated heterocycles. The predicted octanol–water partition coefficient (Wildman–Crippen LogP) is 2.67. The van der Waals surface area contributed by atoms with Gasteiger partial charge in [-0.05, 0) is 29.7 Å². The van der Waals surface area contributed by atoms with Gasteiger partial charge in [-0.25, -0.2) is 9.67 Å². The molecule has 7 heteroatoms. The summed E-state index contributed by atoms with van der Waals surface area (Å²) in [4.78, 5) is 15.0. The van der Waals surface area contributed by atoms with Crippen LogP contribution in [0.3, 0.4) is 0 Å². The van der Waals surface area contributed by atoms with Crippen LogP contribution in [0.25, 0.3) is 0 Å². The van der Waals surface area contributed by atoms with Crippen LogP contribution in [-0.2, 0) is 4.79 Å². The average molecular weight is 323 g/mol. The minimum Gasteiger partial charge on any atom is -0.466 e. The van der Waals surface area contributed by atoms with Gasteiger partial charge in [0.05, 0.1) is 6.04 Å². The number of amides is 1. The number of ether oxygens (including phenoxy) is 1. The third-order valence-electron chi connectivity index (χ3n) is 3.23. The molecule has 0 saturated carbocycles. The van der Waals surface area contributed by atoms with Crippen molar-refractivity contribution >= 4 is 18.0 Å². The summed E-state index contributed by atoms with van der Waals surface area (Å²) in [5, 5.41) is 7.60. The first-order chi connectivity index (χ1) is 10.4. The van der Waals surface area contributed by atoms with Crippen molar-refractivity contribution in [2.75, 3.05) is 0 Å². The third kappa shape index (κ3) is 3.98. The first-order valence-electron chi connectivity index (χ1n) is 6.88. The second kappa shape index (κ2) is 6.79. The summed E-state index contributed by atoms with van der Waals surface area (Å²) in [6.45, 7) is 6.05. The molecule has 0 aliphatic rings. The van der Waals surface area contributed by atoms with Gasteiger partial charge in [-0.15, -0.1) is 0 Å². The van der Waals surface area contributed by atoms with Gasteiger partial charge >= 0.3 is 0 Å². The van der Waals surface area contributed by atoms with Gasteiger partial charge < -0.3 is 10.1 Å². The van der Waals surface area contributed by atoms with Gasteiger partial charge in [0, 0.05) is 5.02 Å². The van der Waals surface area contributed by atoms with Crippen molar-refractivity contribution in [3.63, 3.8) is 0 Å². The summed E-state index contributed by atoms with van der Waals surface area (Å²) in [6, 6.07) is 6.73. The molecule has 2 atom stereocenters. The summed E-state index contributed by atoms with van der Waals surface area (Å²) in [5.74, 6) is 0.631. The minimum atomic E-state index is -0.533. The summed E-state index contributed by atoms with van der Waals surface area (Å²) in [7, 11) is 0. The van der Waals surface area contributed by atoms with Gasteiger partial charge in [-0.2, -0.15) is 5.10 Å². The SMILES string of the molecule is CC(C)(C)C(NC=O)C(Oc1ccc(Cl)cc1)n1cncn1. The number of aromatic nitrogens is 3. The van der Waals surface area contributed by atoms with Crippen molar-refractivity contribution in [3.05, 3.63) is 41.9 Å². The minimum absolute atomic E-state index is 0.246. The lowest BCUT2D eigenvalue weighted by Gasteiger charge is -2.36. The molecule has 1 amide bonds. The second-order valence-electron chi connectivity index (χ2n) is 5.97. The highest BCUT2D eigenvalue weighted by Gasteiger charge is 2.35. The Bertz CT molecular complexity index is 593. The molecule has 1 aromatic carbocycles.